The van der Waals surface area contributed by atoms with Crippen LogP contribution in [0.15, 0.2) is 40.8 Å². The number of aldehydes is 1. The number of hydrogen-bond acceptors (Lipinski definition) is 4. The van der Waals surface area contributed by atoms with Crippen LogP contribution in [0.1, 0.15) is 0 Å². The van der Waals surface area contributed by atoms with Gasteiger partial charge in [-0.15, -0.1) is 11.3 Å². The Balaban J connectivity index is 2.26. The highest BCUT2D eigenvalue weighted by Gasteiger charge is 2.13. The molecule has 1 aromatic carbocycles. The molecule has 0 N–H and O–H groups in total. The minimum Gasteiger partial charge on any atom is -0.301 e. The van der Waals surface area contributed by atoms with Gasteiger partial charge in [-0.25, -0.2) is 4.98 Å². The van der Waals surface area contributed by atoms with Crippen LogP contribution >= 0.6 is 22.9 Å². The number of carbonyl (C=O) groups is 1. The standard InChI is InChI=1S/C14H9ClN2O2S/c15-10-3-1-9(2-4-10)13-12-11(7-20-13)16-8-17(5-6-18)14(12)19/h1-4,6-8H,5H2. The molecule has 0 bridgehead atoms. The van der Waals surface area contributed by atoms with Gasteiger partial charge in [0.25, 0.3) is 5.56 Å². The van der Waals surface area contributed by atoms with E-state index < -0.39 is 0 Å². The van der Waals surface area contributed by atoms with Crippen LogP contribution in [-0.4, -0.2) is 15.8 Å². The predicted octanol–water partition coefficient (Wildman–Crippen LogP) is 2.98. The fourth-order valence-corrected chi connectivity index (χ4v) is 3.12. The number of rotatable bonds is 3. The zero-order valence-electron chi connectivity index (χ0n) is 10.2. The Hall–Kier alpha value is -1.98. The minimum atomic E-state index is -0.201. The molecule has 2 heterocycles. The Kier molecular flexibility index (Phi) is 3.38. The zero-order chi connectivity index (χ0) is 14.1. The highest BCUT2D eigenvalue weighted by Crippen LogP contribution is 2.32. The Morgan fingerprint density at radius 1 is 1.30 bits per heavy atom. The number of thiophene rings is 1. The maximum Gasteiger partial charge on any atom is 0.263 e. The Labute approximate surface area is 123 Å². The van der Waals surface area contributed by atoms with Gasteiger partial charge in [-0.1, -0.05) is 23.7 Å². The molecular weight excluding hydrogens is 296 g/mol. The van der Waals surface area contributed by atoms with Crippen LogP contribution in [-0.2, 0) is 11.3 Å². The second-order valence-electron chi connectivity index (χ2n) is 4.20. The lowest BCUT2D eigenvalue weighted by molar-refractivity contribution is -0.108. The first-order valence-corrected chi connectivity index (χ1v) is 7.12. The molecule has 0 amide bonds. The van der Waals surface area contributed by atoms with Crippen LogP contribution in [0.4, 0.5) is 0 Å². The molecule has 0 aliphatic heterocycles. The van der Waals surface area contributed by atoms with Crippen molar-refractivity contribution in [2.24, 2.45) is 0 Å². The number of hydrogen-bond donors (Lipinski definition) is 0. The summed E-state index contributed by atoms with van der Waals surface area (Å²) in [7, 11) is 0. The third-order valence-electron chi connectivity index (χ3n) is 2.96. The molecule has 0 saturated heterocycles. The quantitative estimate of drug-likeness (QED) is 0.699. The van der Waals surface area contributed by atoms with Crippen molar-refractivity contribution >= 4 is 40.1 Å². The van der Waals surface area contributed by atoms with Gasteiger partial charge in [0.2, 0.25) is 0 Å². The summed E-state index contributed by atoms with van der Waals surface area (Å²) in [4.78, 5) is 28.0. The zero-order valence-corrected chi connectivity index (χ0v) is 11.8. The number of fused-ring (bicyclic) bond motifs is 1. The van der Waals surface area contributed by atoms with Crippen LogP contribution in [0.25, 0.3) is 21.3 Å². The third kappa shape index (κ3) is 2.15. The fraction of sp³-hybridized carbons (Fsp3) is 0.0714. The lowest BCUT2D eigenvalue weighted by Crippen LogP contribution is -2.20. The van der Waals surface area contributed by atoms with Crippen LogP contribution in [0.5, 0.6) is 0 Å². The maximum atomic E-state index is 12.4. The van der Waals surface area contributed by atoms with Crippen molar-refractivity contribution in [1.82, 2.24) is 9.55 Å². The van der Waals surface area contributed by atoms with E-state index in [1.165, 1.54) is 22.2 Å². The Morgan fingerprint density at radius 3 is 2.75 bits per heavy atom. The first-order valence-electron chi connectivity index (χ1n) is 5.87. The molecular formula is C14H9ClN2O2S. The van der Waals surface area contributed by atoms with E-state index in [0.717, 1.165) is 10.4 Å². The molecule has 0 fully saturated rings. The summed E-state index contributed by atoms with van der Waals surface area (Å²) in [5.41, 5.74) is 1.36. The molecule has 0 radical (unpaired) electrons. The van der Waals surface area contributed by atoms with E-state index in [9.17, 15) is 9.59 Å². The number of nitrogens with zero attached hydrogens (tertiary/aromatic N) is 2. The van der Waals surface area contributed by atoms with Crippen molar-refractivity contribution in [1.29, 1.82) is 0 Å². The van der Waals surface area contributed by atoms with Gasteiger partial charge in [-0.3, -0.25) is 9.36 Å². The summed E-state index contributed by atoms with van der Waals surface area (Å²) >= 11 is 7.33. The van der Waals surface area contributed by atoms with Gasteiger partial charge in [0.1, 0.15) is 6.29 Å². The summed E-state index contributed by atoms with van der Waals surface area (Å²) < 4.78 is 1.31. The van der Waals surface area contributed by atoms with Crippen molar-refractivity contribution in [3.8, 4) is 10.4 Å². The smallest absolute Gasteiger partial charge is 0.263 e. The molecule has 0 unspecified atom stereocenters. The van der Waals surface area contributed by atoms with E-state index in [0.29, 0.717) is 22.2 Å². The number of aromatic nitrogens is 2. The topological polar surface area (TPSA) is 52.0 Å². The van der Waals surface area contributed by atoms with Gasteiger partial charge < -0.3 is 4.79 Å². The van der Waals surface area contributed by atoms with E-state index in [1.807, 2.05) is 17.5 Å². The molecule has 2 aromatic heterocycles. The molecule has 6 heteroatoms. The van der Waals surface area contributed by atoms with Crippen molar-refractivity contribution in [3.05, 3.63) is 51.3 Å². The lowest BCUT2D eigenvalue weighted by atomic mass is 10.1. The van der Waals surface area contributed by atoms with Crippen molar-refractivity contribution in [2.75, 3.05) is 0 Å². The molecule has 0 atom stereocenters. The maximum absolute atomic E-state index is 12.4. The summed E-state index contributed by atoms with van der Waals surface area (Å²) in [6.07, 6.45) is 2.08. The molecule has 20 heavy (non-hydrogen) atoms. The number of carbonyl (C=O) groups excluding carboxylic acids is 1. The summed E-state index contributed by atoms with van der Waals surface area (Å²) in [5, 5.41) is 3.03. The van der Waals surface area contributed by atoms with Gasteiger partial charge in [0.15, 0.2) is 0 Å². The minimum absolute atomic E-state index is 0.0116. The van der Waals surface area contributed by atoms with E-state index in [-0.39, 0.29) is 12.1 Å². The summed E-state index contributed by atoms with van der Waals surface area (Å²) in [5.74, 6) is 0. The van der Waals surface area contributed by atoms with Crippen LogP contribution in [0.2, 0.25) is 5.02 Å². The monoisotopic (exact) mass is 304 g/mol. The average Bonchev–Trinajstić information content (AvgIpc) is 2.88. The van der Waals surface area contributed by atoms with E-state index in [2.05, 4.69) is 4.98 Å². The second-order valence-corrected chi connectivity index (χ2v) is 5.52. The largest absolute Gasteiger partial charge is 0.301 e. The van der Waals surface area contributed by atoms with Gasteiger partial charge in [0, 0.05) is 15.3 Å². The SMILES string of the molecule is O=CCn1cnc2csc(-c3ccc(Cl)cc3)c2c1=O. The van der Waals surface area contributed by atoms with Gasteiger partial charge >= 0.3 is 0 Å². The molecule has 0 aliphatic rings. The first-order chi connectivity index (χ1) is 9.70. The molecule has 0 spiro atoms. The first kappa shape index (κ1) is 13.0. The molecule has 100 valence electrons. The van der Waals surface area contributed by atoms with Crippen LogP contribution < -0.4 is 5.56 Å². The fourth-order valence-electron chi connectivity index (χ4n) is 2.00. The summed E-state index contributed by atoms with van der Waals surface area (Å²) in [6.45, 7) is 0.0116. The molecule has 3 rings (SSSR count). The van der Waals surface area contributed by atoms with Crippen molar-refractivity contribution in [3.63, 3.8) is 0 Å². The van der Waals surface area contributed by atoms with Crippen molar-refractivity contribution < 1.29 is 4.79 Å². The van der Waals surface area contributed by atoms with E-state index in [1.54, 1.807) is 12.1 Å². The van der Waals surface area contributed by atoms with E-state index >= 15 is 0 Å². The van der Waals surface area contributed by atoms with Crippen LogP contribution in [0, 0.1) is 0 Å². The molecule has 0 aliphatic carbocycles. The predicted molar refractivity (Wildman–Crippen MR) is 80.4 cm³/mol. The second kappa shape index (κ2) is 5.19. The number of halogens is 1. The highest BCUT2D eigenvalue weighted by atomic mass is 35.5. The van der Waals surface area contributed by atoms with Gasteiger partial charge in [-0.2, -0.15) is 0 Å². The van der Waals surface area contributed by atoms with Crippen molar-refractivity contribution in [2.45, 2.75) is 6.54 Å². The normalized spacial score (nSPS) is 10.8. The lowest BCUT2D eigenvalue weighted by Gasteiger charge is -2.02. The van der Waals surface area contributed by atoms with E-state index in [4.69, 9.17) is 11.6 Å². The van der Waals surface area contributed by atoms with Gasteiger partial charge in [0.05, 0.1) is 23.8 Å². The third-order valence-corrected chi connectivity index (χ3v) is 4.23. The molecule has 4 nitrogen and oxygen atoms in total. The Bertz CT molecular complexity index is 836. The number of benzene rings is 1. The average molecular weight is 305 g/mol. The summed E-state index contributed by atoms with van der Waals surface area (Å²) in [6, 6.07) is 7.29. The molecule has 0 saturated carbocycles. The highest BCUT2D eigenvalue weighted by molar-refractivity contribution is 7.15. The molecule has 3 aromatic rings. The van der Waals surface area contributed by atoms with Gasteiger partial charge in [-0.05, 0) is 17.7 Å². The van der Waals surface area contributed by atoms with Crippen LogP contribution in [0.3, 0.4) is 0 Å². The Morgan fingerprint density at radius 2 is 2.05 bits per heavy atom.